The van der Waals surface area contributed by atoms with Gasteiger partial charge >= 0.3 is 5.97 Å². The number of carboxylic acid groups (broad SMARTS) is 1. The number of nitrogens with zero attached hydrogens (tertiary/aromatic N) is 2. The second kappa shape index (κ2) is 7.49. The number of hydrogen-bond donors (Lipinski definition) is 2. The van der Waals surface area contributed by atoms with E-state index in [9.17, 15) is 9.59 Å². The molecule has 0 spiro atoms. The summed E-state index contributed by atoms with van der Waals surface area (Å²) in [5, 5.41) is 9.51. The summed E-state index contributed by atoms with van der Waals surface area (Å²) in [7, 11) is 0. The Kier molecular flexibility index (Phi) is 6.26. The molecule has 0 fully saturated rings. The van der Waals surface area contributed by atoms with E-state index in [0.29, 0.717) is 18.1 Å². The average molecular weight is 313 g/mol. The van der Waals surface area contributed by atoms with Gasteiger partial charge in [-0.2, -0.15) is 0 Å². The third-order valence-electron chi connectivity index (χ3n) is 2.97. The monoisotopic (exact) mass is 313 g/mol. The van der Waals surface area contributed by atoms with Crippen molar-refractivity contribution in [2.24, 2.45) is 5.73 Å². The van der Waals surface area contributed by atoms with Crippen LogP contribution >= 0.6 is 11.8 Å². The van der Waals surface area contributed by atoms with E-state index in [2.05, 4.69) is 30.3 Å². The normalized spacial score (nSPS) is 11.6. The lowest BCUT2D eigenvalue weighted by Crippen LogP contribution is -2.19. The molecule has 1 amide bonds. The number of aromatic nitrogens is 2. The molecule has 0 aromatic carbocycles. The number of aliphatic carboxylic acids is 1. The van der Waals surface area contributed by atoms with Crippen LogP contribution in [0.2, 0.25) is 0 Å². The molecule has 118 valence electrons. The summed E-state index contributed by atoms with van der Waals surface area (Å²) in [5.41, 5.74) is 6.13. The maximum absolute atomic E-state index is 10.8. The van der Waals surface area contributed by atoms with Crippen LogP contribution in [0.25, 0.3) is 0 Å². The lowest BCUT2D eigenvalue weighted by Gasteiger charge is -2.21. The van der Waals surface area contributed by atoms with Crippen molar-refractivity contribution in [1.29, 1.82) is 0 Å². The maximum Gasteiger partial charge on any atom is 0.313 e. The van der Waals surface area contributed by atoms with E-state index < -0.39 is 5.97 Å². The number of primary amides is 1. The van der Waals surface area contributed by atoms with Crippen LogP contribution in [0, 0.1) is 0 Å². The van der Waals surface area contributed by atoms with Gasteiger partial charge in [-0.15, -0.1) is 0 Å². The van der Waals surface area contributed by atoms with Gasteiger partial charge in [0, 0.05) is 30.3 Å². The van der Waals surface area contributed by atoms with Crippen LogP contribution in [-0.4, -0.2) is 32.3 Å². The quantitative estimate of drug-likeness (QED) is 0.565. The molecular weight excluding hydrogens is 290 g/mol. The van der Waals surface area contributed by atoms with E-state index in [1.54, 1.807) is 6.20 Å². The predicted octanol–water partition coefficient (Wildman–Crippen LogP) is 2.01. The number of carbonyl (C=O) groups excluding carboxylic acids is 1. The summed E-state index contributed by atoms with van der Waals surface area (Å²) < 4.78 is 2.05. The van der Waals surface area contributed by atoms with Crippen molar-refractivity contribution >= 4 is 23.6 Å². The van der Waals surface area contributed by atoms with Gasteiger partial charge in [-0.25, -0.2) is 4.98 Å². The fraction of sp³-hybridized carbons (Fsp3) is 0.643. The molecule has 0 aliphatic carbocycles. The number of thioether (sulfide) groups is 1. The SMILES string of the molecule is CC(C)(C)c1cnc(SCC(=O)O)n1CCCCC(N)=O. The smallest absolute Gasteiger partial charge is 0.313 e. The summed E-state index contributed by atoms with van der Waals surface area (Å²) in [6.45, 7) is 6.99. The van der Waals surface area contributed by atoms with Crippen molar-refractivity contribution in [3.63, 3.8) is 0 Å². The minimum Gasteiger partial charge on any atom is -0.481 e. The van der Waals surface area contributed by atoms with Gasteiger partial charge in [-0.05, 0) is 12.8 Å². The second-order valence-electron chi connectivity index (χ2n) is 5.93. The molecule has 21 heavy (non-hydrogen) atoms. The number of rotatable bonds is 8. The zero-order valence-electron chi connectivity index (χ0n) is 12.8. The molecule has 3 N–H and O–H groups in total. The Morgan fingerprint density at radius 3 is 2.57 bits per heavy atom. The first kappa shape index (κ1) is 17.6. The summed E-state index contributed by atoms with van der Waals surface area (Å²) >= 11 is 1.22. The third-order valence-corrected chi connectivity index (χ3v) is 3.94. The molecule has 1 aromatic heterocycles. The van der Waals surface area contributed by atoms with Gasteiger partial charge in [0.05, 0.1) is 5.75 Å². The Labute approximate surface area is 129 Å². The Morgan fingerprint density at radius 1 is 1.38 bits per heavy atom. The first-order valence-corrected chi connectivity index (χ1v) is 7.89. The number of imidazole rings is 1. The number of hydrogen-bond acceptors (Lipinski definition) is 4. The fourth-order valence-corrected chi connectivity index (χ4v) is 2.71. The highest BCUT2D eigenvalue weighted by atomic mass is 32.2. The van der Waals surface area contributed by atoms with Gasteiger partial charge in [0.25, 0.3) is 0 Å². The van der Waals surface area contributed by atoms with Gasteiger partial charge in [0.15, 0.2) is 5.16 Å². The van der Waals surface area contributed by atoms with Crippen molar-refractivity contribution in [1.82, 2.24) is 9.55 Å². The second-order valence-corrected chi connectivity index (χ2v) is 6.88. The average Bonchev–Trinajstić information content (AvgIpc) is 2.74. The molecule has 1 heterocycles. The van der Waals surface area contributed by atoms with Crippen LogP contribution in [0.1, 0.15) is 45.7 Å². The van der Waals surface area contributed by atoms with Crippen molar-refractivity contribution < 1.29 is 14.7 Å². The summed E-state index contributed by atoms with van der Waals surface area (Å²) in [5.74, 6) is -1.17. The van der Waals surface area contributed by atoms with E-state index in [0.717, 1.165) is 18.5 Å². The predicted molar refractivity (Wildman–Crippen MR) is 82.3 cm³/mol. The topological polar surface area (TPSA) is 98.2 Å². The molecule has 1 aromatic rings. The van der Waals surface area contributed by atoms with E-state index in [1.807, 2.05) is 0 Å². The Bertz CT molecular complexity index is 506. The zero-order valence-corrected chi connectivity index (χ0v) is 13.6. The number of amides is 1. The minimum atomic E-state index is -0.861. The molecule has 0 atom stereocenters. The van der Waals surface area contributed by atoms with E-state index >= 15 is 0 Å². The minimum absolute atomic E-state index is 0.0120. The summed E-state index contributed by atoms with van der Waals surface area (Å²) in [4.78, 5) is 25.8. The van der Waals surface area contributed by atoms with Crippen molar-refractivity contribution in [3.05, 3.63) is 11.9 Å². The molecular formula is C14H23N3O3S. The maximum atomic E-state index is 10.8. The van der Waals surface area contributed by atoms with Crippen molar-refractivity contribution in [3.8, 4) is 0 Å². The molecule has 0 unspecified atom stereocenters. The summed E-state index contributed by atoms with van der Waals surface area (Å²) in [6.07, 6.45) is 3.71. The van der Waals surface area contributed by atoms with Crippen molar-refractivity contribution in [2.75, 3.05) is 5.75 Å². The first-order chi connectivity index (χ1) is 9.71. The molecule has 0 radical (unpaired) electrons. The van der Waals surface area contributed by atoms with E-state index in [4.69, 9.17) is 10.8 Å². The van der Waals surface area contributed by atoms with Crippen molar-refractivity contribution in [2.45, 2.75) is 57.1 Å². The fourth-order valence-electron chi connectivity index (χ4n) is 1.98. The van der Waals surface area contributed by atoms with Crippen LogP contribution in [0.3, 0.4) is 0 Å². The van der Waals surface area contributed by atoms with Gasteiger partial charge in [0.2, 0.25) is 5.91 Å². The molecule has 0 saturated carbocycles. The zero-order chi connectivity index (χ0) is 16.0. The number of carboxylic acids is 1. The van der Waals surface area contributed by atoms with Gasteiger partial charge in [-0.3, -0.25) is 9.59 Å². The van der Waals surface area contributed by atoms with Gasteiger partial charge in [-0.1, -0.05) is 32.5 Å². The Balaban J connectivity index is 2.81. The van der Waals surface area contributed by atoms with Crippen LogP contribution in [0.4, 0.5) is 0 Å². The third kappa shape index (κ3) is 5.79. The highest BCUT2D eigenvalue weighted by Gasteiger charge is 2.22. The molecule has 6 nitrogen and oxygen atoms in total. The molecule has 0 aliphatic rings. The Hall–Kier alpha value is -1.50. The van der Waals surface area contributed by atoms with Gasteiger partial charge < -0.3 is 15.4 Å². The molecule has 0 bridgehead atoms. The molecule has 0 aliphatic heterocycles. The molecule has 1 rings (SSSR count). The first-order valence-electron chi connectivity index (χ1n) is 6.90. The number of nitrogens with two attached hydrogens (primary N) is 1. The Morgan fingerprint density at radius 2 is 2.05 bits per heavy atom. The van der Waals surface area contributed by atoms with E-state index in [1.165, 1.54) is 11.8 Å². The van der Waals surface area contributed by atoms with Crippen LogP contribution in [0.15, 0.2) is 11.4 Å². The number of unbranched alkanes of at least 4 members (excludes halogenated alkanes) is 1. The molecule has 0 saturated heterocycles. The van der Waals surface area contributed by atoms with Crippen LogP contribution in [0.5, 0.6) is 0 Å². The van der Waals surface area contributed by atoms with Gasteiger partial charge in [0.1, 0.15) is 0 Å². The standard InChI is InChI=1S/C14H23N3O3S/c1-14(2,3)10-8-16-13(21-9-12(19)20)17(10)7-5-4-6-11(15)18/h8H,4-7,9H2,1-3H3,(H2,15,18)(H,19,20). The molecule has 7 heteroatoms. The van der Waals surface area contributed by atoms with E-state index in [-0.39, 0.29) is 17.1 Å². The number of carbonyl (C=O) groups is 2. The highest BCUT2D eigenvalue weighted by molar-refractivity contribution is 7.99. The van der Waals surface area contributed by atoms with Crippen LogP contribution in [-0.2, 0) is 21.5 Å². The largest absolute Gasteiger partial charge is 0.481 e. The lowest BCUT2D eigenvalue weighted by atomic mass is 9.92. The van der Waals surface area contributed by atoms with Crippen LogP contribution < -0.4 is 5.73 Å². The highest BCUT2D eigenvalue weighted by Crippen LogP contribution is 2.28. The summed E-state index contributed by atoms with van der Waals surface area (Å²) in [6, 6.07) is 0. The lowest BCUT2D eigenvalue weighted by molar-refractivity contribution is -0.133.